The van der Waals surface area contributed by atoms with E-state index in [1.54, 1.807) is 6.07 Å². The fraction of sp³-hybridized carbons (Fsp3) is 0.294. The lowest BCUT2D eigenvalue weighted by Gasteiger charge is -2.27. The Bertz CT molecular complexity index is 1010. The van der Waals surface area contributed by atoms with Crippen LogP contribution >= 0.6 is 27.3 Å². The van der Waals surface area contributed by atoms with Crippen molar-refractivity contribution in [1.82, 2.24) is 9.55 Å². The molecule has 2 aromatic heterocycles. The summed E-state index contributed by atoms with van der Waals surface area (Å²) in [6.45, 7) is 1.19. The number of nitrogens with zero attached hydrogens (tertiary/aromatic N) is 2. The molecular weight excluding hydrogens is 430 g/mol. The van der Waals surface area contributed by atoms with E-state index in [1.165, 1.54) is 0 Å². The van der Waals surface area contributed by atoms with Gasteiger partial charge < -0.3 is 14.4 Å². The van der Waals surface area contributed by atoms with Crippen LogP contribution in [0.1, 0.15) is 27.5 Å². The molecule has 0 amide bonds. The van der Waals surface area contributed by atoms with Crippen molar-refractivity contribution in [2.75, 3.05) is 6.61 Å². The molecule has 9 heteroatoms. The zero-order chi connectivity index (χ0) is 18.4. The molecular formula is C17H13BrF2N2O3S. The predicted molar refractivity (Wildman–Crippen MR) is 95.8 cm³/mol. The Balaban J connectivity index is 1.75. The molecule has 3 aromatic rings. The summed E-state index contributed by atoms with van der Waals surface area (Å²) in [6, 6.07) is 3.81. The highest BCUT2D eigenvalue weighted by Gasteiger charge is 2.24. The molecule has 4 rings (SSSR count). The van der Waals surface area contributed by atoms with Gasteiger partial charge in [-0.25, -0.2) is 18.6 Å². The zero-order valence-corrected chi connectivity index (χ0v) is 15.7. The Labute approximate surface area is 159 Å². The molecule has 0 aliphatic carbocycles. The van der Waals surface area contributed by atoms with Crippen molar-refractivity contribution in [2.45, 2.75) is 25.5 Å². The molecule has 1 aliphatic heterocycles. The van der Waals surface area contributed by atoms with E-state index in [-0.39, 0.29) is 27.4 Å². The molecule has 1 aromatic carbocycles. The number of benzene rings is 1. The van der Waals surface area contributed by atoms with Gasteiger partial charge in [0.05, 0.1) is 22.6 Å². The van der Waals surface area contributed by atoms with E-state index in [4.69, 9.17) is 4.74 Å². The number of aromatic carboxylic acids is 1. The fourth-order valence-corrected chi connectivity index (χ4v) is 4.11. The first-order valence-electron chi connectivity index (χ1n) is 7.89. The highest BCUT2D eigenvalue weighted by Crippen LogP contribution is 2.30. The Hall–Kier alpha value is -1.84. The molecule has 0 saturated carbocycles. The van der Waals surface area contributed by atoms with Gasteiger partial charge in [-0.05, 0) is 46.1 Å². The number of ether oxygens (including phenoxy) is 1. The van der Waals surface area contributed by atoms with Crippen molar-refractivity contribution >= 4 is 43.6 Å². The number of fused-ring (bicyclic) bond motifs is 1. The van der Waals surface area contributed by atoms with E-state index in [9.17, 15) is 18.7 Å². The second-order valence-corrected chi connectivity index (χ2v) is 7.95. The second kappa shape index (κ2) is 6.71. The number of imidazole rings is 1. The fourth-order valence-electron chi connectivity index (χ4n) is 2.91. The molecule has 1 atom stereocenters. The summed E-state index contributed by atoms with van der Waals surface area (Å²) in [7, 11) is 0. The summed E-state index contributed by atoms with van der Waals surface area (Å²) in [4.78, 5) is 16.4. The third-order valence-corrected chi connectivity index (χ3v) is 5.97. The number of thiophene rings is 1. The van der Waals surface area contributed by atoms with Crippen LogP contribution in [-0.4, -0.2) is 33.3 Å². The molecule has 1 saturated heterocycles. The molecule has 1 fully saturated rings. The maximum Gasteiger partial charge on any atom is 0.346 e. The summed E-state index contributed by atoms with van der Waals surface area (Å²) < 4.78 is 35.4. The van der Waals surface area contributed by atoms with Crippen molar-refractivity contribution in [2.24, 2.45) is 0 Å². The van der Waals surface area contributed by atoms with E-state index >= 15 is 0 Å². The summed E-state index contributed by atoms with van der Waals surface area (Å²) >= 11 is 4.03. The van der Waals surface area contributed by atoms with Crippen LogP contribution < -0.4 is 0 Å². The topological polar surface area (TPSA) is 64.3 Å². The molecule has 1 N–H and O–H groups in total. The molecule has 0 radical (unpaired) electrons. The van der Waals surface area contributed by atoms with Crippen LogP contribution in [0.4, 0.5) is 8.78 Å². The summed E-state index contributed by atoms with van der Waals surface area (Å²) in [6.07, 6.45) is 1.02. The number of aromatic nitrogens is 2. The SMILES string of the molecule is O=C(O)c1cc2c(nc(Cc3cc(F)c(Br)cc3F)n2C[C@@H]2CCO2)s1. The molecule has 26 heavy (non-hydrogen) atoms. The van der Waals surface area contributed by atoms with Gasteiger partial charge in [-0.2, -0.15) is 0 Å². The van der Waals surface area contributed by atoms with Crippen LogP contribution in [-0.2, 0) is 17.7 Å². The van der Waals surface area contributed by atoms with Crippen LogP contribution in [0.25, 0.3) is 10.3 Å². The summed E-state index contributed by atoms with van der Waals surface area (Å²) in [5.74, 6) is -1.53. The molecule has 1 aliphatic rings. The van der Waals surface area contributed by atoms with Crippen LogP contribution in [0.2, 0.25) is 0 Å². The van der Waals surface area contributed by atoms with Crippen LogP contribution in [0.5, 0.6) is 0 Å². The Kier molecular flexibility index (Phi) is 4.54. The molecule has 0 bridgehead atoms. The number of hydrogen-bond acceptors (Lipinski definition) is 4. The highest BCUT2D eigenvalue weighted by atomic mass is 79.9. The predicted octanol–water partition coefficient (Wildman–Crippen LogP) is 4.22. The van der Waals surface area contributed by atoms with E-state index in [2.05, 4.69) is 20.9 Å². The van der Waals surface area contributed by atoms with Gasteiger partial charge in [-0.15, -0.1) is 11.3 Å². The number of rotatable bonds is 5. The van der Waals surface area contributed by atoms with Gasteiger partial charge in [0, 0.05) is 13.0 Å². The third kappa shape index (κ3) is 3.15. The number of carbonyl (C=O) groups is 1. The van der Waals surface area contributed by atoms with Crippen LogP contribution in [0, 0.1) is 11.6 Å². The Morgan fingerprint density at radius 3 is 2.81 bits per heavy atom. The average Bonchev–Trinajstić information content (AvgIpc) is 3.07. The number of carboxylic acids is 1. The zero-order valence-electron chi connectivity index (χ0n) is 13.3. The maximum atomic E-state index is 14.2. The lowest BCUT2D eigenvalue weighted by atomic mass is 10.1. The molecule has 3 heterocycles. The monoisotopic (exact) mass is 442 g/mol. The quantitative estimate of drug-likeness (QED) is 0.600. The number of carboxylic acid groups (broad SMARTS) is 1. The lowest BCUT2D eigenvalue weighted by Crippen LogP contribution is -2.31. The van der Waals surface area contributed by atoms with E-state index in [0.717, 1.165) is 29.9 Å². The van der Waals surface area contributed by atoms with Crippen LogP contribution in [0.15, 0.2) is 22.7 Å². The van der Waals surface area contributed by atoms with E-state index < -0.39 is 17.6 Å². The van der Waals surface area contributed by atoms with Gasteiger partial charge in [0.2, 0.25) is 0 Å². The largest absolute Gasteiger partial charge is 0.477 e. The van der Waals surface area contributed by atoms with Crippen molar-refractivity contribution in [3.8, 4) is 0 Å². The second-order valence-electron chi connectivity index (χ2n) is 6.06. The average molecular weight is 443 g/mol. The van der Waals surface area contributed by atoms with Crippen molar-refractivity contribution < 1.29 is 23.4 Å². The Morgan fingerprint density at radius 1 is 1.38 bits per heavy atom. The van der Waals surface area contributed by atoms with Gasteiger partial charge in [-0.1, -0.05) is 0 Å². The minimum atomic E-state index is -1.01. The molecule has 0 spiro atoms. The van der Waals surface area contributed by atoms with Gasteiger partial charge >= 0.3 is 5.97 Å². The summed E-state index contributed by atoms with van der Waals surface area (Å²) in [5.41, 5.74) is 0.869. The third-order valence-electron chi connectivity index (χ3n) is 4.35. The maximum absolute atomic E-state index is 14.2. The summed E-state index contributed by atoms with van der Waals surface area (Å²) in [5, 5.41) is 9.18. The first kappa shape index (κ1) is 17.6. The van der Waals surface area contributed by atoms with Gasteiger partial charge in [0.25, 0.3) is 0 Å². The Morgan fingerprint density at radius 2 is 2.15 bits per heavy atom. The van der Waals surface area contributed by atoms with Gasteiger partial charge in [0.15, 0.2) is 0 Å². The smallest absolute Gasteiger partial charge is 0.346 e. The standard InChI is InChI=1S/C17H13BrF2N2O3S/c18-10-5-11(19)8(3-12(10)20)4-15-21-16-13(6-14(26-16)17(23)24)22(15)7-9-1-2-25-9/h3,5-6,9H,1-2,4,7H2,(H,23,24)/t9-/m0/s1. The van der Waals surface area contributed by atoms with Gasteiger partial charge in [-0.3, -0.25) is 0 Å². The van der Waals surface area contributed by atoms with Crippen molar-refractivity contribution in [1.29, 1.82) is 0 Å². The van der Waals surface area contributed by atoms with Crippen molar-refractivity contribution in [3.05, 3.63) is 50.6 Å². The van der Waals surface area contributed by atoms with E-state index in [1.807, 2.05) is 4.57 Å². The lowest BCUT2D eigenvalue weighted by molar-refractivity contribution is -0.0589. The highest BCUT2D eigenvalue weighted by molar-refractivity contribution is 9.10. The van der Waals surface area contributed by atoms with Crippen molar-refractivity contribution in [3.63, 3.8) is 0 Å². The van der Waals surface area contributed by atoms with Crippen LogP contribution in [0.3, 0.4) is 0 Å². The normalized spacial score (nSPS) is 16.8. The molecule has 136 valence electrons. The van der Waals surface area contributed by atoms with E-state index in [0.29, 0.717) is 29.3 Å². The first-order chi connectivity index (χ1) is 12.4. The van der Waals surface area contributed by atoms with Gasteiger partial charge in [0.1, 0.15) is 27.2 Å². The number of hydrogen-bond donors (Lipinski definition) is 1. The first-order valence-corrected chi connectivity index (χ1v) is 9.50. The minimum absolute atomic E-state index is 0.0193. The minimum Gasteiger partial charge on any atom is -0.477 e. The molecule has 5 nitrogen and oxygen atoms in total. The number of halogens is 3. The molecule has 0 unspecified atom stereocenters.